The van der Waals surface area contributed by atoms with Crippen LogP contribution in [0.3, 0.4) is 0 Å². The van der Waals surface area contributed by atoms with Crippen molar-refractivity contribution in [3.8, 4) is 5.75 Å². The van der Waals surface area contributed by atoms with Crippen molar-refractivity contribution in [2.24, 2.45) is 10.7 Å². The molecule has 3 N–H and O–H groups in total. The van der Waals surface area contributed by atoms with Gasteiger partial charge in [-0.05, 0) is 31.3 Å². The molecule has 21 heavy (non-hydrogen) atoms. The number of nitrogens with two attached hydrogens (primary N) is 1. The Balaban J connectivity index is 0.00000220. The van der Waals surface area contributed by atoms with Crippen molar-refractivity contribution in [3.05, 3.63) is 24.3 Å². The van der Waals surface area contributed by atoms with Crippen LogP contribution < -0.4 is 15.8 Å². The maximum absolute atomic E-state index is 5.87. The average Bonchev–Trinajstić information content (AvgIpc) is 2.46. The number of nitrogens with zero attached hydrogens (tertiary/aromatic N) is 2. The zero-order chi connectivity index (χ0) is 14.4. The minimum absolute atomic E-state index is 0. The second-order valence-corrected chi connectivity index (χ2v) is 4.83. The maximum Gasteiger partial charge on any atom is 0.193 e. The number of hydrogen-bond donors (Lipinski definition) is 2. The standard InChI is InChI=1S/C14H22N4O2.HI/c1-18-7-8-20-13(10-18)9-16-14(15)17-11-3-5-12(19-2)6-4-11;/h3-6,13H,7-10H2,1-2H3,(H3,15,16,17);1H. The van der Waals surface area contributed by atoms with Crippen LogP contribution in [0.15, 0.2) is 29.3 Å². The number of morpholine rings is 1. The molecule has 0 spiro atoms. The molecule has 0 saturated carbocycles. The van der Waals surface area contributed by atoms with Crippen LogP contribution in [-0.4, -0.2) is 57.4 Å². The highest BCUT2D eigenvalue weighted by atomic mass is 127. The second-order valence-electron chi connectivity index (χ2n) is 4.83. The van der Waals surface area contributed by atoms with Gasteiger partial charge in [0.1, 0.15) is 5.75 Å². The normalized spacial score (nSPS) is 19.7. The molecule has 1 aliphatic heterocycles. The van der Waals surface area contributed by atoms with Crippen LogP contribution in [0, 0.1) is 0 Å². The summed E-state index contributed by atoms with van der Waals surface area (Å²) in [6.07, 6.45) is 0.116. The number of methoxy groups -OCH3 is 1. The summed E-state index contributed by atoms with van der Waals surface area (Å²) in [5.41, 5.74) is 6.75. The number of anilines is 1. The molecule has 1 aliphatic rings. The quantitative estimate of drug-likeness (QED) is 0.449. The number of hydrogen-bond acceptors (Lipinski definition) is 4. The summed E-state index contributed by atoms with van der Waals surface area (Å²) in [6.45, 7) is 3.18. The fourth-order valence-electron chi connectivity index (χ4n) is 2.04. The summed E-state index contributed by atoms with van der Waals surface area (Å²) in [5, 5.41) is 3.05. The molecule has 6 nitrogen and oxygen atoms in total. The Labute approximate surface area is 142 Å². The van der Waals surface area contributed by atoms with Crippen molar-refractivity contribution in [3.63, 3.8) is 0 Å². The number of ether oxygens (including phenoxy) is 2. The van der Waals surface area contributed by atoms with Crippen LogP contribution >= 0.6 is 24.0 Å². The molecule has 2 rings (SSSR count). The Morgan fingerprint density at radius 1 is 1.48 bits per heavy atom. The molecule has 7 heteroatoms. The Kier molecular flexibility index (Phi) is 7.76. The second kappa shape index (κ2) is 9.06. The molecule has 1 saturated heterocycles. The Hall–Kier alpha value is -1.06. The van der Waals surface area contributed by atoms with Crippen LogP contribution in [-0.2, 0) is 4.74 Å². The third-order valence-corrected chi connectivity index (χ3v) is 3.17. The fourth-order valence-corrected chi connectivity index (χ4v) is 2.04. The van der Waals surface area contributed by atoms with Gasteiger partial charge in [0, 0.05) is 18.8 Å². The van der Waals surface area contributed by atoms with Crippen LogP contribution in [0.4, 0.5) is 5.69 Å². The van der Waals surface area contributed by atoms with E-state index >= 15 is 0 Å². The topological polar surface area (TPSA) is 72.1 Å². The Morgan fingerprint density at radius 3 is 2.81 bits per heavy atom. The van der Waals surface area contributed by atoms with Crippen LogP contribution in [0.2, 0.25) is 0 Å². The van der Waals surface area contributed by atoms with Crippen molar-refractivity contribution in [2.75, 3.05) is 45.7 Å². The molecule has 0 aliphatic carbocycles. The highest BCUT2D eigenvalue weighted by molar-refractivity contribution is 14.0. The smallest absolute Gasteiger partial charge is 0.193 e. The van der Waals surface area contributed by atoms with Crippen molar-refractivity contribution in [1.82, 2.24) is 4.90 Å². The van der Waals surface area contributed by atoms with Gasteiger partial charge in [0.15, 0.2) is 5.96 Å². The first-order valence-electron chi connectivity index (χ1n) is 6.68. The van der Waals surface area contributed by atoms with Gasteiger partial charge in [-0.25, -0.2) is 0 Å². The van der Waals surface area contributed by atoms with Crippen molar-refractivity contribution >= 4 is 35.6 Å². The van der Waals surface area contributed by atoms with Gasteiger partial charge in [0.2, 0.25) is 0 Å². The van der Waals surface area contributed by atoms with E-state index in [2.05, 4.69) is 22.3 Å². The molecular formula is C14H23IN4O2. The first-order chi connectivity index (χ1) is 9.67. The van der Waals surface area contributed by atoms with Gasteiger partial charge in [-0.15, -0.1) is 24.0 Å². The van der Waals surface area contributed by atoms with Gasteiger partial charge < -0.3 is 25.4 Å². The number of likely N-dealkylation sites (N-methyl/N-ethyl adjacent to an activating group) is 1. The van der Waals surface area contributed by atoms with Gasteiger partial charge in [-0.2, -0.15) is 0 Å². The first kappa shape index (κ1) is 18.0. The van der Waals surface area contributed by atoms with E-state index in [1.54, 1.807) is 7.11 Å². The summed E-state index contributed by atoms with van der Waals surface area (Å²) in [6, 6.07) is 7.53. The zero-order valence-electron chi connectivity index (χ0n) is 12.4. The highest BCUT2D eigenvalue weighted by Gasteiger charge is 2.16. The van der Waals surface area contributed by atoms with E-state index in [1.807, 2.05) is 24.3 Å². The molecule has 0 aromatic heterocycles. The van der Waals surface area contributed by atoms with E-state index in [4.69, 9.17) is 15.2 Å². The van der Waals surface area contributed by atoms with Gasteiger partial charge in [-0.3, -0.25) is 4.99 Å². The summed E-state index contributed by atoms with van der Waals surface area (Å²) < 4.78 is 10.7. The lowest BCUT2D eigenvalue weighted by atomic mass is 10.3. The lowest BCUT2D eigenvalue weighted by Crippen LogP contribution is -2.41. The van der Waals surface area contributed by atoms with E-state index in [1.165, 1.54) is 0 Å². The molecule has 0 radical (unpaired) electrons. The van der Waals surface area contributed by atoms with Gasteiger partial charge >= 0.3 is 0 Å². The molecule has 1 aromatic carbocycles. The zero-order valence-corrected chi connectivity index (χ0v) is 14.7. The monoisotopic (exact) mass is 406 g/mol. The molecule has 1 aromatic rings. The molecule has 1 unspecified atom stereocenters. The van der Waals surface area contributed by atoms with Crippen molar-refractivity contribution < 1.29 is 9.47 Å². The molecule has 1 heterocycles. The minimum atomic E-state index is 0. The third-order valence-electron chi connectivity index (χ3n) is 3.17. The van der Waals surface area contributed by atoms with E-state index in [0.717, 1.165) is 31.1 Å². The number of nitrogens with one attached hydrogen (secondary N) is 1. The molecule has 0 bridgehead atoms. The van der Waals surface area contributed by atoms with Crippen LogP contribution in [0.5, 0.6) is 5.75 Å². The largest absolute Gasteiger partial charge is 0.497 e. The van der Waals surface area contributed by atoms with Crippen LogP contribution in [0.25, 0.3) is 0 Å². The lowest BCUT2D eigenvalue weighted by Gasteiger charge is -2.29. The van der Waals surface area contributed by atoms with Gasteiger partial charge in [-0.1, -0.05) is 0 Å². The molecular weight excluding hydrogens is 383 g/mol. The average molecular weight is 406 g/mol. The van der Waals surface area contributed by atoms with Gasteiger partial charge in [0.25, 0.3) is 0 Å². The molecule has 0 amide bonds. The number of benzene rings is 1. The summed E-state index contributed by atoms with van der Waals surface area (Å²) >= 11 is 0. The van der Waals surface area contributed by atoms with E-state index in [0.29, 0.717) is 12.5 Å². The van der Waals surface area contributed by atoms with Crippen molar-refractivity contribution in [2.45, 2.75) is 6.10 Å². The molecule has 1 fully saturated rings. The first-order valence-corrected chi connectivity index (χ1v) is 6.68. The van der Waals surface area contributed by atoms with Gasteiger partial charge in [0.05, 0.1) is 26.4 Å². The molecule has 1 atom stereocenters. The third kappa shape index (κ3) is 6.06. The lowest BCUT2D eigenvalue weighted by molar-refractivity contribution is -0.0136. The summed E-state index contributed by atoms with van der Waals surface area (Å²) in [5.74, 6) is 1.21. The number of aliphatic imine (C=N–C) groups is 1. The van der Waals surface area contributed by atoms with E-state index in [9.17, 15) is 0 Å². The predicted molar refractivity (Wildman–Crippen MR) is 95.8 cm³/mol. The fraction of sp³-hybridized carbons (Fsp3) is 0.500. The molecule has 118 valence electrons. The maximum atomic E-state index is 5.87. The number of rotatable bonds is 4. The predicted octanol–water partition coefficient (Wildman–Crippen LogP) is 1.37. The van der Waals surface area contributed by atoms with Crippen molar-refractivity contribution in [1.29, 1.82) is 0 Å². The Bertz CT molecular complexity index is 453. The number of guanidine groups is 1. The summed E-state index contributed by atoms with van der Waals surface area (Å²) in [4.78, 5) is 6.55. The minimum Gasteiger partial charge on any atom is -0.497 e. The Morgan fingerprint density at radius 2 is 2.19 bits per heavy atom. The van der Waals surface area contributed by atoms with E-state index < -0.39 is 0 Å². The highest BCUT2D eigenvalue weighted by Crippen LogP contribution is 2.14. The number of halogens is 1. The SMILES string of the molecule is COc1ccc(NC(N)=NCC2CN(C)CCO2)cc1.I. The van der Waals surface area contributed by atoms with E-state index in [-0.39, 0.29) is 30.1 Å². The summed E-state index contributed by atoms with van der Waals surface area (Å²) in [7, 11) is 3.72. The van der Waals surface area contributed by atoms with Crippen LogP contribution in [0.1, 0.15) is 0 Å².